The van der Waals surface area contributed by atoms with Gasteiger partial charge in [0.25, 0.3) is 0 Å². The van der Waals surface area contributed by atoms with E-state index in [1.807, 2.05) is 0 Å². The summed E-state index contributed by atoms with van der Waals surface area (Å²) in [5, 5.41) is 2.49. The van der Waals surface area contributed by atoms with Crippen LogP contribution in [0.3, 0.4) is 0 Å². The van der Waals surface area contributed by atoms with Gasteiger partial charge in [0.1, 0.15) is 11.8 Å². The summed E-state index contributed by atoms with van der Waals surface area (Å²) in [6.45, 7) is 0.323. The van der Waals surface area contributed by atoms with E-state index < -0.39 is 17.9 Å². The molecule has 1 fully saturated rings. The van der Waals surface area contributed by atoms with Gasteiger partial charge in [0.05, 0.1) is 13.0 Å². The Morgan fingerprint density at radius 1 is 1.44 bits per heavy atom. The molecule has 0 aromatic carbocycles. The van der Waals surface area contributed by atoms with Crippen LogP contribution in [0.25, 0.3) is 0 Å². The second kappa shape index (κ2) is 7.49. The molecule has 1 aliphatic heterocycles. The summed E-state index contributed by atoms with van der Waals surface area (Å²) in [7, 11) is 0. The molecule has 1 N–H and O–H groups in total. The summed E-state index contributed by atoms with van der Waals surface area (Å²) >= 11 is 0. The van der Waals surface area contributed by atoms with Crippen molar-refractivity contribution in [3.8, 4) is 12.3 Å². The van der Waals surface area contributed by atoms with Gasteiger partial charge in [-0.1, -0.05) is 0 Å². The number of carbonyl (C=O) groups excluding carboxylic acids is 3. The van der Waals surface area contributed by atoms with E-state index in [-0.39, 0.29) is 12.2 Å². The first-order valence-electron chi connectivity index (χ1n) is 6.04. The van der Waals surface area contributed by atoms with Gasteiger partial charge in [0.15, 0.2) is 0 Å². The lowest BCUT2D eigenvalue weighted by atomic mass is 10.1. The molecule has 1 rings (SSSR count). The molecule has 0 spiro atoms. The number of rotatable bonds is 7. The SMILES string of the molecule is C#CCCCCC(=O)CC(=O)N[C@H]1CCOC1=O. The highest BCUT2D eigenvalue weighted by molar-refractivity contribution is 5.99. The average molecular weight is 251 g/mol. The Morgan fingerprint density at radius 2 is 2.22 bits per heavy atom. The Labute approximate surface area is 106 Å². The van der Waals surface area contributed by atoms with Crippen LogP contribution in [0.4, 0.5) is 0 Å². The maximum absolute atomic E-state index is 11.5. The van der Waals surface area contributed by atoms with Crippen LogP contribution in [0, 0.1) is 12.3 Å². The maximum Gasteiger partial charge on any atom is 0.328 e. The summed E-state index contributed by atoms with van der Waals surface area (Å²) in [6.07, 6.45) is 7.86. The third kappa shape index (κ3) is 5.00. The number of ether oxygens (including phenoxy) is 1. The Hall–Kier alpha value is -1.83. The summed E-state index contributed by atoms with van der Waals surface area (Å²) < 4.78 is 4.71. The molecule has 1 heterocycles. The Kier molecular flexibility index (Phi) is 5.92. The smallest absolute Gasteiger partial charge is 0.328 e. The van der Waals surface area contributed by atoms with Crippen molar-refractivity contribution in [3.63, 3.8) is 0 Å². The van der Waals surface area contributed by atoms with Gasteiger partial charge in [0.2, 0.25) is 5.91 Å². The zero-order chi connectivity index (χ0) is 13.4. The van der Waals surface area contributed by atoms with Crippen molar-refractivity contribution < 1.29 is 19.1 Å². The lowest BCUT2D eigenvalue weighted by Gasteiger charge is -2.08. The number of Topliss-reactive ketones (excluding diaryl/α,β-unsaturated/α-hetero) is 1. The fourth-order valence-electron chi connectivity index (χ4n) is 1.69. The number of hydrogen-bond donors (Lipinski definition) is 1. The van der Waals surface area contributed by atoms with E-state index in [0.29, 0.717) is 32.3 Å². The number of cyclic esters (lactones) is 1. The highest BCUT2D eigenvalue weighted by atomic mass is 16.5. The number of esters is 1. The van der Waals surface area contributed by atoms with E-state index in [9.17, 15) is 14.4 Å². The first-order chi connectivity index (χ1) is 8.63. The Bertz CT molecular complexity index is 370. The van der Waals surface area contributed by atoms with E-state index in [1.54, 1.807) is 0 Å². The van der Waals surface area contributed by atoms with Gasteiger partial charge in [-0.15, -0.1) is 12.3 Å². The van der Waals surface area contributed by atoms with Gasteiger partial charge >= 0.3 is 5.97 Å². The molecule has 0 aliphatic carbocycles. The lowest BCUT2D eigenvalue weighted by molar-refractivity contribution is -0.142. The lowest BCUT2D eigenvalue weighted by Crippen LogP contribution is -2.38. The molecule has 1 atom stereocenters. The monoisotopic (exact) mass is 251 g/mol. The van der Waals surface area contributed by atoms with Crippen LogP contribution in [0.2, 0.25) is 0 Å². The summed E-state index contributed by atoms with van der Waals surface area (Å²) in [5.74, 6) is 1.52. The molecule has 0 aromatic heterocycles. The number of amides is 1. The molecule has 1 saturated heterocycles. The molecule has 5 nitrogen and oxygen atoms in total. The third-order valence-electron chi connectivity index (χ3n) is 2.66. The quantitative estimate of drug-likeness (QED) is 0.311. The van der Waals surface area contributed by atoms with Crippen molar-refractivity contribution in [2.75, 3.05) is 6.61 Å². The van der Waals surface area contributed by atoms with Crippen LogP contribution < -0.4 is 5.32 Å². The number of ketones is 1. The summed E-state index contributed by atoms with van der Waals surface area (Å²) in [4.78, 5) is 34.0. The fourth-order valence-corrected chi connectivity index (χ4v) is 1.69. The highest BCUT2D eigenvalue weighted by Gasteiger charge is 2.28. The van der Waals surface area contributed by atoms with Crippen molar-refractivity contribution in [3.05, 3.63) is 0 Å². The molecule has 0 radical (unpaired) electrons. The van der Waals surface area contributed by atoms with Crippen molar-refractivity contribution >= 4 is 17.7 Å². The van der Waals surface area contributed by atoms with Gasteiger partial charge < -0.3 is 10.1 Å². The Balaban J connectivity index is 2.17. The molecule has 98 valence electrons. The number of unbranched alkanes of at least 4 members (excludes halogenated alkanes) is 2. The molecular formula is C13H17NO4. The minimum Gasteiger partial charge on any atom is -0.464 e. The first-order valence-corrected chi connectivity index (χ1v) is 6.04. The van der Waals surface area contributed by atoms with E-state index in [1.165, 1.54) is 0 Å². The molecule has 0 aromatic rings. The second-order valence-corrected chi connectivity index (χ2v) is 4.20. The first kappa shape index (κ1) is 14.2. The third-order valence-corrected chi connectivity index (χ3v) is 2.66. The van der Waals surface area contributed by atoms with Crippen molar-refractivity contribution in [1.29, 1.82) is 0 Å². The largest absolute Gasteiger partial charge is 0.464 e. The van der Waals surface area contributed by atoms with Gasteiger partial charge in [-0.2, -0.15) is 0 Å². The standard InChI is InChI=1S/C13H17NO4/c1-2-3-4-5-6-10(15)9-12(16)14-11-7-8-18-13(11)17/h1,11H,3-9H2,(H,14,16)/t11-/m0/s1. The summed E-state index contributed by atoms with van der Waals surface area (Å²) in [5.41, 5.74) is 0. The average Bonchev–Trinajstić information content (AvgIpc) is 2.70. The van der Waals surface area contributed by atoms with Crippen LogP contribution in [0.5, 0.6) is 0 Å². The zero-order valence-corrected chi connectivity index (χ0v) is 10.2. The molecule has 0 bridgehead atoms. The van der Waals surface area contributed by atoms with Crippen molar-refractivity contribution in [2.24, 2.45) is 0 Å². The molecule has 0 unspecified atom stereocenters. The minimum atomic E-state index is -0.591. The van der Waals surface area contributed by atoms with Crippen LogP contribution in [0.1, 0.15) is 38.5 Å². The number of carbonyl (C=O) groups is 3. The summed E-state index contributed by atoms with van der Waals surface area (Å²) in [6, 6.07) is -0.591. The molecule has 18 heavy (non-hydrogen) atoms. The number of nitrogens with one attached hydrogen (secondary N) is 1. The number of hydrogen-bond acceptors (Lipinski definition) is 4. The van der Waals surface area contributed by atoms with E-state index in [0.717, 1.165) is 6.42 Å². The van der Waals surface area contributed by atoms with E-state index in [2.05, 4.69) is 11.2 Å². The van der Waals surface area contributed by atoms with Crippen LogP contribution in [-0.4, -0.2) is 30.3 Å². The predicted octanol–water partition coefficient (Wildman–Crippen LogP) is 0.571. The van der Waals surface area contributed by atoms with Gasteiger partial charge in [-0.05, 0) is 12.8 Å². The van der Waals surface area contributed by atoms with Crippen molar-refractivity contribution in [1.82, 2.24) is 5.32 Å². The molecular weight excluding hydrogens is 234 g/mol. The maximum atomic E-state index is 11.5. The van der Waals surface area contributed by atoms with Gasteiger partial charge in [-0.25, -0.2) is 4.79 Å². The fraction of sp³-hybridized carbons (Fsp3) is 0.615. The molecule has 1 amide bonds. The normalized spacial score (nSPS) is 17.9. The predicted molar refractivity (Wildman–Crippen MR) is 64.4 cm³/mol. The molecule has 5 heteroatoms. The highest BCUT2D eigenvalue weighted by Crippen LogP contribution is 2.07. The number of terminal acetylenes is 1. The van der Waals surface area contributed by atoms with Crippen LogP contribution in [-0.2, 0) is 19.1 Å². The zero-order valence-electron chi connectivity index (χ0n) is 10.2. The van der Waals surface area contributed by atoms with Crippen LogP contribution >= 0.6 is 0 Å². The van der Waals surface area contributed by atoms with E-state index >= 15 is 0 Å². The Morgan fingerprint density at radius 3 is 2.83 bits per heavy atom. The molecule has 1 aliphatic rings. The van der Waals surface area contributed by atoms with Gasteiger partial charge in [-0.3, -0.25) is 9.59 Å². The van der Waals surface area contributed by atoms with Crippen molar-refractivity contribution in [2.45, 2.75) is 44.6 Å². The topological polar surface area (TPSA) is 72.5 Å². The van der Waals surface area contributed by atoms with Crippen LogP contribution in [0.15, 0.2) is 0 Å². The van der Waals surface area contributed by atoms with E-state index in [4.69, 9.17) is 11.2 Å². The minimum absolute atomic E-state index is 0.129. The van der Waals surface area contributed by atoms with Gasteiger partial charge in [0, 0.05) is 19.3 Å². The second-order valence-electron chi connectivity index (χ2n) is 4.20. The molecule has 0 saturated carbocycles.